The highest BCUT2D eigenvalue weighted by molar-refractivity contribution is 6.05. The van der Waals surface area contributed by atoms with E-state index >= 15 is 0 Å². The first-order chi connectivity index (χ1) is 16.4. The molecular weight excluding hydrogens is 434 g/mol. The highest BCUT2D eigenvalue weighted by Crippen LogP contribution is 2.39. The van der Waals surface area contributed by atoms with E-state index in [0.717, 1.165) is 30.8 Å². The predicted molar refractivity (Wildman–Crippen MR) is 128 cm³/mol. The summed E-state index contributed by atoms with van der Waals surface area (Å²) in [4.78, 5) is 45.0. The number of amides is 3. The van der Waals surface area contributed by atoms with Gasteiger partial charge in [0.2, 0.25) is 0 Å². The Labute approximate surface area is 197 Å². The zero-order chi connectivity index (χ0) is 24.1. The number of carbonyl (C=O) groups excluding carboxylic acids is 3. The summed E-state index contributed by atoms with van der Waals surface area (Å²) in [6, 6.07) is 12.8. The van der Waals surface area contributed by atoms with Crippen LogP contribution in [0.15, 0.2) is 54.7 Å². The molecular formula is C25H27N5O4. The fraction of sp³-hybridized carbons (Fsp3) is 0.280. The van der Waals surface area contributed by atoms with Gasteiger partial charge in [0.05, 0.1) is 17.7 Å². The fourth-order valence-corrected chi connectivity index (χ4v) is 3.87. The molecule has 0 radical (unpaired) electrons. The van der Waals surface area contributed by atoms with Crippen LogP contribution in [0.4, 0.5) is 16.2 Å². The van der Waals surface area contributed by atoms with Gasteiger partial charge in [-0.05, 0) is 69.5 Å². The van der Waals surface area contributed by atoms with Gasteiger partial charge in [0.25, 0.3) is 5.91 Å². The summed E-state index contributed by atoms with van der Waals surface area (Å²) in [5.41, 5.74) is 2.10. The molecule has 4 rings (SSSR count). The zero-order valence-electron chi connectivity index (χ0n) is 19.1. The standard InChI is InChI=1S/C25H27N5O4/c1-3-34-22(32)18-8-5-9-19(14-18)28-21(31)17-7-4-10-20(13-17)29-24(33)30-25(11-6-12-25)23-26-15-16(2)27-23/h4-5,7-10,13-15H,3,6,11-12H2,1-2H3,(H,26,27)(H,28,31)(H2,29,30,33). The highest BCUT2D eigenvalue weighted by atomic mass is 16.5. The molecule has 1 heterocycles. The zero-order valence-corrected chi connectivity index (χ0v) is 19.1. The normalized spacial score (nSPS) is 13.9. The predicted octanol–water partition coefficient (Wildman–Crippen LogP) is 4.35. The number of hydrogen-bond acceptors (Lipinski definition) is 5. The lowest BCUT2D eigenvalue weighted by molar-refractivity contribution is 0.0526. The average molecular weight is 462 g/mol. The number of carbonyl (C=O) groups is 3. The Kier molecular flexibility index (Phi) is 6.62. The van der Waals surface area contributed by atoms with Crippen LogP contribution in [-0.4, -0.2) is 34.5 Å². The summed E-state index contributed by atoms with van der Waals surface area (Å²) in [5, 5.41) is 8.61. The number of urea groups is 1. The van der Waals surface area contributed by atoms with Crippen LogP contribution in [0.5, 0.6) is 0 Å². The molecule has 0 bridgehead atoms. The number of benzene rings is 2. The number of anilines is 2. The number of rotatable bonds is 7. The molecule has 0 saturated heterocycles. The van der Waals surface area contributed by atoms with Gasteiger partial charge in [-0.3, -0.25) is 4.79 Å². The fourth-order valence-electron chi connectivity index (χ4n) is 3.87. The lowest BCUT2D eigenvalue weighted by Crippen LogP contribution is -2.52. The van der Waals surface area contributed by atoms with E-state index in [0.29, 0.717) is 22.5 Å². The van der Waals surface area contributed by atoms with Crippen LogP contribution in [0.1, 0.15) is 58.4 Å². The number of H-pyrrole nitrogens is 1. The number of aromatic amines is 1. The van der Waals surface area contributed by atoms with Gasteiger partial charge in [-0.15, -0.1) is 0 Å². The van der Waals surface area contributed by atoms with Gasteiger partial charge in [-0.25, -0.2) is 14.6 Å². The van der Waals surface area contributed by atoms with E-state index < -0.39 is 11.5 Å². The molecule has 4 N–H and O–H groups in total. The van der Waals surface area contributed by atoms with Crippen LogP contribution >= 0.6 is 0 Å². The second-order valence-electron chi connectivity index (χ2n) is 8.27. The van der Waals surface area contributed by atoms with Gasteiger partial charge in [-0.1, -0.05) is 12.1 Å². The minimum Gasteiger partial charge on any atom is -0.462 e. The molecule has 0 unspecified atom stereocenters. The summed E-state index contributed by atoms with van der Waals surface area (Å²) >= 11 is 0. The van der Waals surface area contributed by atoms with E-state index in [1.54, 1.807) is 61.7 Å². The molecule has 1 fully saturated rings. The van der Waals surface area contributed by atoms with Crippen LogP contribution < -0.4 is 16.0 Å². The average Bonchev–Trinajstić information content (AvgIpc) is 3.23. The number of esters is 1. The molecule has 3 amide bonds. The summed E-state index contributed by atoms with van der Waals surface area (Å²) < 4.78 is 5.00. The summed E-state index contributed by atoms with van der Waals surface area (Å²) in [7, 11) is 0. The van der Waals surface area contributed by atoms with E-state index in [4.69, 9.17) is 4.74 Å². The maximum absolute atomic E-state index is 12.8. The molecule has 1 aromatic heterocycles. The number of nitrogens with zero attached hydrogens (tertiary/aromatic N) is 1. The Balaban J connectivity index is 1.41. The lowest BCUT2D eigenvalue weighted by atomic mass is 9.76. The Bertz CT molecular complexity index is 1220. The molecule has 3 aromatic rings. The molecule has 176 valence electrons. The Hall–Kier alpha value is -4.14. The number of ether oxygens (including phenoxy) is 1. The van der Waals surface area contributed by atoms with E-state index in [9.17, 15) is 14.4 Å². The van der Waals surface area contributed by atoms with Crippen molar-refractivity contribution in [2.75, 3.05) is 17.2 Å². The Morgan fingerprint density at radius 1 is 1.03 bits per heavy atom. The van der Waals surface area contributed by atoms with Crippen molar-refractivity contribution >= 4 is 29.3 Å². The molecule has 2 aromatic carbocycles. The second kappa shape index (κ2) is 9.78. The monoisotopic (exact) mass is 461 g/mol. The third-order valence-electron chi connectivity index (χ3n) is 5.73. The molecule has 34 heavy (non-hydrogen) atoms. The van der Waals surface area contributed by atoms with Crippen LogP contribution in [0.3, 0.4) is 0 Å². The third kappa shape index (κ3) is 5.09. The van der Waals surface area contributed by atoms with E-state index in [2.05, 4.69) is 25.9 Å². The molecule has 9 heteroatoms. The quantitative estimate of drug-likeness (QED) is 0.389. The number of imidazole rings is 1. The van der Waals surface area contributed by atoms with Crippen LogP contribution in [0, 0.1) is 6.92 Å². The first kappa shape index (κ1) is 23.0. The summed E-state index contributed by atoms with van der Waals surface area (Å²) in [6.45, 7) is 3.92. The van der Waals surface area contributed by atoms with Gasteiger partial charge >= 0.3 is 12.0 Å². The molecule has 1 saturated carbocycles. The van der Waals surface area contributed by atoms with Crippen LogP contribution in [-0.2, 0) is 10.3 Å². The number of aryl methyl sites for hydroxylation is 1. The molecule has 0 spiro atoms. The maximum Gasteiger partial charge on any atom is 0.338 e. The van der Waals surface area contributed by atoms with Crippen molar-refractivity contribution in [3.05, 3.63) is 77.4 Å². The maximum atomic E-state index is 12.8. The number of nitrogens with one attached hydrogen (secondary N) is 4. The Morgan fingerprint density at radius 2 is 1.71 bits per heavy atom. The van der Waals surface area contributed by atoms with E-state index in [1.807, 2.05) is 6.92 Å². The number of aromatic nitrogens is 2. The van der Waals surface area contributed by atoms with Gasteiger partial charge < -0.3 is 25.7 Å². The second-order valence-corrected chi connectivity index (χ2v) is 8.27. The topological polar surface area (TPSA) is 125 Å². The highest BCUT2D eigenvalue weighted by Gasteiger charge is 2.42. The Morgan fingerprint density at radius 3 is 2.32 bits per heavy atom. The molecule has 1 aliphatic carbocycles. The third-order valence-corrected chi connectivity index (χ3v) is 5.73. The van der Waals surface area contributed by atoms with Crippen molar-refractivity contribution in [1.82, 2.24) is 15.3 Å². The van der Waals surface area contributed by atoms with Crippen molar-refractivity contribution in [3.8, 4) is 0 Å². The van der Waals surface area contributed by atoms with E-state index in [-0.39, 0.29) is 18.5 Å². The molecule has 1 aliphatic rings. The summed E-state index contributed by atoms with van der Waals surface area (Å²) in [5.74, 6) is -0.0686. The van der Waals surface area contributed by atoms with Crippen LogP contribution in [0.2, 0.25) is 0 Å². The minimum absolute atomic E-state index is 0.269. The van der Waals surface area contributed by atoms with Crippen molar-refractivity contribution in [2.24, 2.45) is 0 Å². The van der Waals surface area contributed by atoms with E-state index in [1.165, 1.54) is 0 Å². The van der Waals surface area contributed by atoms with Gasteiger partial charge in [0.15, 0.2) is 0 Å². The van der Waals surface area contributed by atoms with Crippen molar-refractivity contribution in [2.45, 2.75) is 38.6 Å². The summed E-state index contributed by atoms with van der Waals surface area (Å²) in [6.07, 6.45) is 4.37. The lowest BCUT2D eigenvalue weighted by Gasteiger charge is -2.40. The van der Waals surface area contributed by atoms with Gasteiger partial charge in [0, 0.05) is 28.8 Å². The molecule has 0 atom stereocenters. The van der Waals surface area contributed by atoms with Crippen molar-refractivity contribution in [3.63, 3.8) is 0 Å². The van der Waals surface area contributed by atoms with Crippen molar-refractivity contribution < 1.29 is 19.1 Å². The van der Waals surface area contributed by atoms with Crippen LogP contribution in [0.25, 0.3) is 0 Å². The first-order valence-electron chi connectivity index (χ1n) is 11.2. The van der Waals surface area contributed by atoms with Crippen molar-refractivity contribution in [1.29, 1.82) is 0 Å². The molecule has 0 aliphatic heterocycles. The SMILES string of the molecule is CCOC(=O)c1cccc(NC(=O)c2cccc(NC(=O)NC3(c4ncc(C)[nH]4)CCC3)c2)c1. The minimum atomic E-state index is -0.503. The first-order valence-corrected chi connectivity index (χ1v) is 11.2. The number of hydrogen-bond donors (Lipinski definition) is 4. The molecule has 9 nitrogen and oxygen atoms in total. The van der Waals surface area contributed by atoms with Gasteiger partial charge in [0.1, 0.15) is 5.82 Å². The van der Waals surface area contributed by atoms with Gasteiger partial charge in [-0.2, -0.15) is 0 Å². The smallest absolute Gasteiger partial charge is 0.338 e. The largest absolute Gasteiger partial charge is 0.462 e.